The number of hydrogen-bond donors (Lipinski definition) is 4. The van der Waals surface area contributed by atoms with Gasteiger partial charge in [0.15, 0.2) is 0 Å². The molecule has 0 heterocycles. The second kappa shape index (κ2) is 44.1. The molecule has 5 nitrogen and oxygen atoms in total. The Hall–Kier alpha value is -0.650. The van der Waals surface area contributed by atoms with E-state index in [1.807, 2.05) is 0 Å². The monoisotopic (exact) mass is 752 g/mol. The van der Waals surface area contributed by atoms with Crippen molar-refractivity contribution < 1.29 is 20.1 Å². The quantitative estimate of drug-likeness (QED) is 0.0466. The molecule has 0 aliphatic heterocycles. The Labute approximate surface area is 332 Å². The molecule has 0 radical (unpaired) electrons. The predicted octanol–water partition coefficient (Wildman–Crippen LogP) is 14.2. The van der Waals surface area contributed by atoms with Crippen LogP contribution < -0.4 is 5.32 Å². The summed E-state index contributed by atoms with van der Waals surface area (Å²) >= 11 is 0. The van der Waals surface area contributed by atoms with E-state index in [1.54, 1.807) is 0 Å². The first-order valence-electron chi connectivity index (χ1n) is 24.3. The van der Waals surface area contributed by atoms with Gasteiger partial charge >= 0.3 is 0 Å². The van der Waals surface area contributed by atoms with Crippen LogP contribution in [-0.2, 0) is 4.79 Å². The third-order valence-electron chi connectivity index (χ3n) is 11.7. The van der Waals surface area contributed by atoms with Gasteiger partial charge in [0.1, 0.15) is 6.10 Å². The Morgan fingerprint density at radius 2 is 0.604 bits per heavy atom. The lowest BCUT2D eigenvalue weighted by atomic mass is 10.0. The van der Waals surface area contributed by atoms with Crippen molar-refractivity contribution in [2.75, 3.05) is 6.61 Å². The lowest BCUT2D eigenvalue weighted by molar-refractivity contribution is -0.131. The van der Waals surface area contributed by atoms with Crippen molar-refractivity contribution in [2.45, 2.75) is 295 Å². The van der Waals surface area contributed by atoms with Gasteiger partial charge in [-0.15, -0.1) is 0 Å². The molecule has 1 amide bonds. The molecule has 0 fully saturated rings. The highest BCUT2D eigenvalue weighted by Gasteiger charge is 2.23. The molecule has 318 valence electrons. The second-order valence-electron chi connectivity index (χ2n) is 17.0. The van der Waals surface area contributed by atoms with Crippen molar-refractivity contribution in [3.8, 4) is 0 Å². The fraction of sp³-hybridized carbons (Fsp3) is 0.979. The normalized spacial score (nSPS) is 13.4. The van der Waals surface area contributed by atoms with Gasteiger partial charge in [-0.2, -0.15) is 0 Å². The van der Waals surface area contributed by atoms with Gasteiger partial charge in [-0.25, -0.2) is 0 Å². The van der Waals surface area contributed by atoms with E-state index < -0.39 is 24.2 Å². The van der Waals surface area contributed by atoms with Gasteiger partial charge in [-0.3, -0.25) is 4.79 Å². The molecule has 0 aromatic carbocycles. The SMILES string of the molecule is CCCCCCCCCCCCCCCCCCCCCCCCCCCCC(O)C(=O)N[C@@H](CO)[C@H](O)CCCCCCCCCCCCCCC. The molecule has 3 atom stereocenters. The van der Waals surface area contributed by atoms with Crippen LogP contribution in [0.4, 0.5) is 0 Å². The standard InChI is InChI=1S/C48H97NO4/c1-3-5-7-9-11-13-15-17-18-19-20-21-22-23-24-25-26-27-28-29-31-33-35-37-39-41-43-47(52)48(53)49-45(44-50)46(51)42-40-38-36-34-32-30-16-14-12-10-8-6-4-2/h45-47,50-52H,3-44H2,1-2H3,(H,49,53)/t45-,46+,47?/m0/s1. The van der Waals surface area contributed by atoms with E-state index in [9.17, 15) is 20.1 Å². The molecule has 0 bridgehead atoms. The number of aliphatic hydroxyl groups excluding tert-OH is 3. The zero-order valence-electron chi connectivity index (χ0n) is 36.2. The van der Waals surface area contributed by atoms with Gasteiger partial charge < -0.3 is 20.6 Å². The maximum absolute atomic E-state index is 12.5. The Kier molecular flexibility index (Phi) is 43.5. The Morgan fingerprint density at radius 1 is 0.377 bits per heavy atom. The van der Waals surface area contributed by atoms with Crippen LogP contribution in [-0.4, -0.2) is 46.1 Å². The molecule has 0 saturated heterocycles. The van der Waals surface area contributed by atoms with Gasteiger partial charge in [-0.1, -0.05) is 264 Å². The van der Waals surface area contributed by atoms with Crippen LogP contribution in [0.1, 0.15) is 277 Å². The van der Waals surface area contributed by atoms with Crippen LogP contribution in [0, 0.1) is 0 Å². The highest BCUT2D eigenvalue weighted by molar-refractivity contribution is 5.80. The molecule has 0 rings (SSSR count). The van der Waals surface area contributed by atoms with Gasteiger partial charge in [0, 0.05) is 0 Å². The summed E-state index contributed by atoms with van der Waals surface area (Å²) in [4.78, 5) is 12.5. The van der Waals surface area contributed by atoms with E-state index in [-0.39, 0.29) is 6.61 Å². The first-order valence-corrected chi connectivity index (χ1v) is 24.3. The molecule has 0 aliphatic carbocycles. The molecule has 0 aromatic rings. The summed E-state index contributed by atoms with van der Waals surface area (Å²) in [6, 6.07) is -0.705. The number of nitrogens with one attached hydrogen (secondary N) is 1. The first kappa shape index (κ1) is 52.3. The summed E-state index contributed by atoms with van der Waals surface area (Å²) < 4.78 is 0. The summed E-state index contributed by atoms with van der Waals surface area (Å²) in [6.45, 7) is 4.25. The topological polar surface area (TPSA) is 89.8 Å². The number of carbonyl (C=O) groups is 1. The average Bonchev–Trinajstić information content (AvgIpc) is 3.16. The summed E-state index contributed by atoms with van der Waals surface area (Å²) in [7, 11) is 0. The smallest absolute Gasteiger partial charge is 0.249 e. The number of carbonyl (C=O) groups excluding carboxylic acids is 1. The van der Waals surface area contributed by atoms with Crippen LogP contribution in [0.2, 0.25) is 0 Å². The highest BCUT2D eigenvalue weighted by atomic mass is 16.3. The molecule has 0 spiro atoms. The lowest BCUT2D eigenvalue weighted by Gasteiger charge is -2.23. The fourth-order valence-corrected chi connectivity index (χ4v) is 7.90. The summed E-state index contributed by atoms with van der Waals surface area (Å²) in [5.74, 6) is -0.465. The molecular formula is C48H97NO4. The largest absolute Gasteiger partial charge is 0.394 e. The summed E-state index contributed by atoms with van der Waals surface area (Å²) in [5, 5.41) is 33.3. The third-order valence-corrected chi connectivity index (χ3v) is 11.7. The molecule has 1 unspecified atom stereocenters. The molecule has 0 saturated carbocycles. The van der Waals surface area contributed by atoms with Crippen molar-refractivity contribution >= 4 is 5.91 Å². The highest BCUT2D eigenvalue weighted by Crippen LogP contribution is 2.18. The molecule has 53 heavy (non-hydrogen) atoms. The number of amides is 1. The van der Waals surface area contributed by atoms with Crippen molar-refractivity contribution in [3.05, 3.63) is 0 Å². The van der Waals surface area contributed by atoms with Crippen molar-refractivity contribution in [3.63, 3.8) is 0 Å². The minimum absolute atomic E-state index is 0.308. The van der Waals surface area contributed by atoms with Crippen LogP contribution in [0.5, 0.6) is 0 Å². The van der Waals surface area contributed by atoms with Crippen LogP contribution in [0.3, 0.4) is 0 Å². The number of rotatable bonds is 45. The van der Waals surface area contributed by atoms with E-state index in [2.05, 4.69) is 19.2 Å². The van der Waals surface area contributed by atoms with E-state index in [0.29, 0.717) is 12.8 Å². The molecular weight excluding hydrogens is 655 g/mol. The maximum atomic E-state index is 12.5. The van der Waals surface area contributed by atoms with Gasteiger partial charge in [0.05, 0.1) is 18.8 Å². The Morgan fingerprint density at radius 3 is 0.849 bits per heavy atom. The second-order valence-corrected chi connectivity index (χ2v) is 17.0. The third kappa shape index (κ3) is 39.4. The molecule has 4 N–H and O–H groups in total. The number of aliphatic hydroxyl groups is 3. The summed E-state index contributed by atoms with van der Waals surface area (Å²) in [6.07, 6.45) is 51.2. The molecule has 0 aliphatic rings. The Bertz CT molecular complexity index is 703. The number of unbranched alkanes of at least 4 members (excludes halogenated alkanes) is 37. The Balaban J connectivity index is 3.49. The molecule has 5 heteroatoms. The minimum Gasteiger partial charge on any atom is -0.394 e. The van der Waals surface area contributed by atoms with Gasteiger partial charge in [-0.05, 0) is 12.8 Å². The maximum Gasteiger partial charge on any atom is 0.249 e. The van der Waals surface area contributed by atoms with Crippen molar-refractivity contribution in [2.24, 2.45) is 0 Å². The number of hydrogen-bond acceptors (Lipinski definition) is 4. The summed E-state index contributed by atoms with van der Waals surface area (Å²) in [5.41, 5.74) is 0. The van der Waals surface area contributed by atoms with Crippen LogP contribution >= 0.6 is 0 Å². The van der Waals surface area contributed by atoms with Crippen LogP contribution in [0.25, 0.3) is 0 Å². The van der Waals surface area contributed by atoms with E-state index >= 15 is 0 Å². The van der Waals surface area contributed by atoms with Gasteiger partial charge in [0.25, 0.3) is 0 Å². The van der Waals surface area contributed by atoms with Crippen LogP contribution in [0.15, 0.2) is 0 Å². The zero-order valence-corrected chi connectivity index (χ0v) is 36.2. The predicted molar refractivity (Wildman–Crippen MR) is 232 cm³/mol. The zero-order chi connectivity index (χ0) is 38.7. The van der Waals surface area contributed by atoms with E-state index in [1.165, 1.54) is 218 Å². The van der Waals surface area contributed by atoms with Gasteiger partial charge in [0.2, 0.25) is 5.91 Å². The van der Waals surface area contributed by atoms with Crippen molar-refractivity contribution in [1.29, 1.82) is 0 Å². The lowest BCUT2D eigenvalue weighted by Crippen LogP contribution is -2.49. The minimum atomic E-state index is -1.07. The fourth-order valence-electron chi connectivity index (χ4n) is 7.90. The van der Waals surface area contributed by atoms with E-state index in [0.717, 1.165) is 32.1 Å². The molecule has 0 aromatic heterocycles. The average molecular weight is 752 g/mol. The van der Waals surface area contributed by atoms with Crippen molar-refractivity contribution in [1.82, 2.24) is 5.32 Å². The first-order chi connectivity index (χ1) is 26.1. The van der Waals surface area contributed by atoms with E-state index in [4.69, 9.17) is 0 Å².